The minimum absolute atomic E-state index is 0.158. The van der Waals surface area contributed by atoms with Gasteiger partial charge in [-0.2, -0.15) is 0 Å². The summed E-state index contributed by atoms with van der Waals surface area (Å²) in [7, 11) is 1.63. The number of nitrogens with zero attached hydrogens (tertiary/aromatic N) is 3. The molecule has 2 aromatic rings. The molecule has 2 N–H and O–H groups in total. The second kappa shape index (κ2) is 10.9. The molecule has 11 heteroatoms. The predicted molar refractivity (Wildman–Crippen MR) is 137 cm³/mol. The van der Waals surface area contributed by atoms with Crippen molar-refractivity contribution in [1.82, 2.24) is 15.2 Å². The number of benzene rings is 1. The Hall–Kier alpha value is -2.79. The summed E-state index contributed by atoms with van der Waals surface area (Å²) in [6.45, 7) is 10.3. The molecule has 0 spiro atoms. The predicted octanol–water partition coefficient (Wildman–Crippen LogP) is 3.91. The van der Waals surface area contributed by atoms with E-state index in [0.717, 1.165) is 41.8 Å². The number of thiazole rings is 1. The highest BCUT2D eigenvalue weighted by molar-refractivity contribution is 7.23. The molecular formula is C24H35N5O5S. The van der Waals surface area contributed by atoms with Crippen LogP contribution in [0.4, 0.5) is 20.4 Å². The number of urea groups is 1. The summed E-state index contributed by atoms with van der Waals surface area (Å²) in [5.41, 5.74) is 1.32. The van der Waals surface area contributed by atoms with Crippen molar-refractivity contribution in [3.8, 4) is 5.75 Å². The molecule has 35 heavy (non-hydrogen) atoms. The van der Waals surface area contributed by atoms with E-state index in [1.54, 1.807) is 12.0 Å². The van der Waals surface area contributed by atoms with Gasteiger partial charge in [0.25, 0.3) is 0 Å². The maximum Gasteiger partial charge on any atom is 0.407 e. The van der Waals surface area contributed by atoms with E-state index in [1.165, 1.54) is 11.3 Å². The number of likely N-dealkylation sites (tertiary alicyclic amines) is 1. The van der Waals surface area contributed by atoms with Gasteiger partial charge >= 0.3 is 12.1 Å². The van der Waals surface area contributed by atoms with Crippen molar-refractivity contribution >= 4 is 44.5 Å². The van der Waals surface area contributed by atoms with Gasteiger partial charge in [0.15, 0.2) is 5.13 Å². The van der Waals surface area contributed by atoms with Crippen LogP contribution in [0.5, 0.6) is 5.75 Å². The van der Waals surface area contributed by atoms with Crippen molar-refractivity contribution in [1.29, 1.82) is 0 Å². The second-order valence-corrected chi connectivity index (χ2v) is 10.8. The number of ether oxygens (including phenoxy) is 3. The first kappa shape index (κ1) is 25.3. The highest BCUT2D eigenvalue weighted by Crippen LogP contribution is 2.39. The first-order valence-electron chi connectivity index (χ1n) is 12.1. The Morgan fingerprint density at radius 1 is 1.17 bits per heavy atom. The summed E-state index contributed by atoms with van der Waals surface area (Å²) in [4.78, 5) is 33.6. The van der Waals surface area contributed by atoms with Gasteiger partial charge in [-0.05, 0) is 51.7 Å². The Morgan fingerprint density at radius 2 is 1.89 bits per heavy atom. The summed E-state index contributed by atoms with van der Waals surface area (Å²) in [5.74, 6) is 1.00. The summed E-state index contributed by atoms with van der Waals surface area (Å²) in [6, 6.07) is 3.82. The zero-order valence-corrected chi connectivity index (χ0v) is 21.7. The van der Waals surface area contributed by atoms with Gasteiger partial charge in [-0.1, -0.05) is 11.3 Å². The average Bonchev–Trinajstić information content (AvgIpc) is 3.25. The molecule has 2 fully saturated rings. The molecule has 1 aromatic heterocycles. The highest BCUT2D eigenvalue weighted by Gasteiger charge is 2.26. The van der Waals surface area contributed by atoms with E-state index < -0.39 is 11.7 Å². The molecule has 3 heterocycles. The number of amides is 3. The number of methoxy groups -OCH3 is 1. The number of nitrogens with one attached hydrogen (secondary N) is 2. The third-order valence-corrected chi connectivity index (χ3v) is 7.10. The number of alkyl carbamates (subject to hydrolysis) is 1. The van der Waals surface area contributed by atoms with Crippen LogP contribution in [0.25, 0.3) is 10.2 Å². The number of aromatic nitrogens is 1. The van der Waals surface area contributed by atoms with E-state index >= 15 is 0 Å². The summed E-state index contributed by atoms with van der Waals surface area (Å²) in [5, 5.41) is 6.37. The standard InChI is InChI=1S/C24H35N5O5S/c1-24(2,3)34-23(31)25-15-16-7-9-29(10-8-16)22(30)27-21-26-19-18(32-4)6-5-17(20(19)35-21)28-11-13-33-14-12-28/h5-6,16H,7-15H2,1-4H3,(H,25,31)(H,26,27,30). The van der Waals surface area contributed by atoms with Gasteiger partial charge in [0.2, 0.25) is 0 Å². The average molecular weight is 506 g/mol. The van der Waals surface area contributed by atoms with E-state index in [-0.39, 0.29) is 6.03 Å². The minimum atomic E-state index is -0.515. The number of piperidine rings is 1. The third kappa shape index (κ3) is 6.46. The SMILES string of the molecule is COc1ccc(N2CCOCC2)c2sc(NC(=O)N3CCC(CNC(=O)OC(C)(C)C)CC3)nc12. The molecule has 1 aromatic carbocycles. The maximum atomic E-state index is 12.9. The molecule has 3 amide bonds. The van der Waals surface area contributed by atoms with Crippen molar-refractivity contribution in [2.24, 2.45) is 5.92 Å². The molecule has 0 aliphatic carbocycles. The molecule has 192 valence electrons. The molecule has 0 unspecified atom stereocenters. The molecule has 0 radical (unpaired) electrons. The van der Waals surface area contributed by atoms with Crippen molar-refractivity contribution in [2.45, 2.75) is 39.2 Å². The lowest BCUT2D eigenvalue weighted by molar-refractivity contribution is 0.0511. The molecule has 0 atom stereocenters. The Kier molecular flexibility index (Phi) is 7.85. The number of carbonyl (C=O) groups is 2. The smallest absolute Gasteiger partial charge is 0.407 e. The van der Waals surface area contributed by atoms with Gasteiger partial charge in [-0.3, -0.25) is 5.32 Å². The van der Waals surface area contributed by atoms with Crippen molar-refractivity contribution in [2.75, 3.05) is 63.3 Å². The number of hydrogen-bond acceptors (Lipinski definition) is 8. The summed E-state index contributed by atoms with van der Waals surface area (Å²) >= 11 is 1.46. The van der Waals surface area contributed by atoms with Crippen LogP contribution in [-0.2, 0) is 9.47 Å². The summed E-state index contributed by atoms with van der Waals surface area (Å²) in [6.07, 6.45) is 1.23. The van der Waals surface area contributed by atoms with Crippen LogP contribution in [0.2, 0.25) is 0 Å². The fourth-order valence-electron chi connectivity index (χ4n) is 4.29. The lowest BCUT2D eigenvalue weighted by Crippen LogP contribution is -2.43. The van der Waals surface area contributed by atoms with Crippen LogP contribution in [0.15, 0.2) is 12.1 Å². The molecule has 2 aliphatic heterocycles. The van der Waals surface area contributed by atoms with Crippen LogP contribution in [0.1, 0.15) is 33.6 Å². The topological polar surface area (TPSA) is 105 Å². The number of anilines is 2. The number of hydrogen-bond donors (Lipinski definition) is 2. The van der Waals surface area contributed by atoms with Crippen molar-refractivity contribution in [3.63, 3.8) is 0 Å². The van der Waals surface area contributed by atoms with Gasteiger partial charge in [-0.25, -0.2) is 14.6 Å². The fraction of sp³-hybridized carbons (Fsp3) is 0.625. The van der Waals surface area contributed by atoms with Gasteiger partial charge in [0.05, 0.1) is 30.7 Å². The molecular weight excluding hydrogens is 470 g/mol. The Morgan fingerprint density at radius 3 is 2.54 bits per heavy atom. The second-order valence-electron chi connectivity index (χ2n) is 9.83. The number of fused-ring (bicyclic) bond motifs is 1. The normalized spacial score (nSPS) is 17.4. The Labute approximate surface area is 209 Å². The quantitative estimate of drug-likeness (QED) is 0.635. The monoisotopic (exact) mass is 505 g/mol. The van der Waals surface area contributed by atoms with Crippen LogP contribution >= 0.6 is 11.3 Å². The molecule has 4 rings (SSSR count). The molecule has 10 nitrogen and oxygen atoms in total. The Bertz CT molecular complexity index is 1040. The van der Waals surface area contributed by atoms with Crippen LogP contribution in [0, 0.1) is 5.92 Å². The van der Waals surface area contributed by atoms with Gasteiger partial charge in [0, 0.05) is 32.7 Å². The van der Waals surface area contributed by atoms with Crippen LogP contribution in [0.3, 0.4) is 0 Å². The van der Waals surface area contributed by atoms with Gasteiger partial charge < -0.3 is 29.3 Å². The van der Waals surface area contributed by atoms with Crippen LogP contribution < -0.4 is 20.3 Å². The van der Waals surface area contributed by atoms with E-state index in [9.17, 15) is 9.59 Å². The fourth-order valence-corrected chi connectivity index (χ4v) is 5.31. The van der Waals surface area contributed by atoms with E-state index in [2.05, 4.69) is 20.5 Å². The lowest BCUT2D eigenvalue weighted by atomic mass is 9.97. The zero-order valence-electron chi connectivity index (χ0n) is 20.9. The van der Waals surface area contributed by atoms with Crippen molar-refractivity contribution < 1.29 is 23.8 Å². The number of carbonyl (C=O) groups excluding carboxylic acids is 2. The highest BCUT2D eigenvalue weighted by atomic mass is 32.1. The maximum absolute atomic E-state index is 12.9. The van der Waals surface area contributed by atoms with Gasteiger partial charge in [-0.15, -0.1) is 0 Å². The molecule has 2 saturated heterocycles. The minimum Gasteiger partial charge on any atom is -0.494 e. The van der Waals surface area contributed by atoms with E-state index in [0.29, 0.717) is 49.6 Å². The third-order valence-electron chi connectivity index (χ3n) is 6.11. The summed E-state index contributed by atoms with van der Waals surface area (Å²) < 4.78 is 17.3. The Balaban J connectivity index is 1.35. The van der Waals surface area contributed by atoms with Gasteiger partial charge in [0.1, 0.15) is 16.9 Å². The largest absolute Gasteiger partial charge is 0.494 e. The molecule has 0 bridgehead atoms. The van der Waals surface area contributed by atoms with E-state index in [1.807, 2.05) is 32.9 Å². The molecule has 0 saturated carbocycles. The molecule has 2 aliphatic rings. The first-order valence-corrected chi connectivity index (χ1v) is 12.9. The van der Waals surface area contributed by atoms with Crippen LogP contribution in [-0.4, -0.2) is 80.7 Å². The first-order chi connectivity index (χ1) is 16.7. The number of rotatable bonds is 5. The number of morpholine rings is 1. The zero-order chi connectivity index (χ0) is 25.0. The van der Waals surface area contributed by atoms with E-state index in [4.69, 9.17) is 14.2 Å². The van der Waals surface area contributed by atoms with Crippen molar-refractivity contribution in [3.05, 3.63) is 12.1 Å². The lowest BCUT2D eigenvalue weighted by Gasteiger charge is -2.32.